The van der Waals surface area contributed by atoms with Gasteiger partial charge in [0.15, 0.2) is 0 Å². The highest BCUT2D eigenvalue weighted by Gasteiger charge is 2.21. The first-order valence-electron chi connectivity index (χ1n) is 10.6. The van der Waals surface area contributed by atoms with Crippen molar-refractivity contribution >= 4 is 16.9 Å². The third-order valence-electron chi connectivity index (χ3n) is 5.79. The lowest BCUT2D eigenvalue weighted by Gasteiger charge is -2.34. The first-order valence-corrected chi connectivity index (χ1v) is 10.6. The van der Waals surface area contributed by atoms with Gasteiger partial charge in [-0.05, 0) is 29.2 Å². The van der Waals surface area contributed by atoms with Crippen LogP contribution in [0.4, 0.5) is 0 Å². The monoisotopic (exact) mass is 390 g/mol. The molecule has 1 amide bonds. The highest BCUT2D eigenvalue weighted by molar-refractivity contribution is 5.77. The van der Waals surface area contributed by atoms with Crippen LogP contribution in [0.25, 0.3) is 11.0 Å². The van der Waals surface area contributed by atoms with Gasteiger partial charge in [0.25, 0.3) is 0 Å². The van der Waals surface area contributed by atoms with Crippen molar-refractivity contribution in [3.8, 4) is 0 Å². The SMILES string of the molecule is CC(C)c1ccc(CN2CCN(C(=O)CCc3nc4ccccc4[nH]3)CC2)cc1. The number of aryl methyl sites for hydroxylation is 1. The van der Waals surface area contributed by atoms with E-state index in [0.717, 1.165) is 49.6 Å². The normalized spacial score (nSPS) is 15.3. The van der Waals surface area contributed by atoms with Gasteiger partial charge in [0.05, 0.1) is 11.0 Å². The van der Waals surface area contributed by atoms with Gasteiger partial charge in [0.1, 0.15) is 5.82 Å². The Morgan fingerprint density at radius 3 is 2.45 bits per heavy atom. The zero-order valence-electron chi connectivity index (χ0n) is 17.4. The predicted molar refractivity (Wildman–Crippen MR) is 117 cm³/mol. The van der Waals surface area contributed by atoms with Gasteiger partial charge in [-0.3, -0.25) is 9.69 Å². The Morgan fingerprint density at radius 1 is 1.03 bits per heavy atom. The van der Waals surface area contributed by atoms with Crippen molar-refractivity contribution in [2.75, 3.05) is 26.2 Å². The molecule has 5 heteroatoms. The molecule has 3 aromatic rings. The number of imidazole rings is 1. The minimum absolute atomic E-state index is 0.228. The van der Waals surface area contributed by atoms with Gasteiger partial charge < -0.3 is 9.88 Å². The number of aromatic nitrogens is 2. The first-order chi connectivity index (χ1) is 14.1. The number of H-pyrrole nitrogens is 1. The molecule has 4 rings (SSSR count). The van der Waals surface area contributed by atoms with E-state index in [1.54, 1.807) is 0 Å². The van der Waals surface area contributed by atoms with E-state index in [-0.39, 0.29) is 5.91 Å². The Morgan fingerprint density at radius 2 is 1.76 bits per heavy atom. The van der Waals surface area contributed by atoms with E-state index in [9.17, 15) is 4.79 Å². The molecule has 0 spiro atoms. The number of rotatable bonds is 6. The first kappa shape index (κ1) is 19.6. The van der Waals surface area contributed by atoms with Crippen molar-refractivity contribution < 1.29 is 4.79 Å². The number of nitrogens with one attached hydrogen (secondary N) is 1. The fourth-order valence-corrected chi connectivity index (χ4v) is 3.93. The standard InChI is InChI=1S/C24H30N4O/c1-18(2)20-9-7-19(8-10-20)17-27-13-15-28(16-14-27)24(29)12-11-23-25-21-5-3-4-6-22(21)26-23/h3-10,18H,11-17H2,1-2H3,(H,25,26). The van der Waals surface area contributed by atoms with Gasteiger partial charge in [-0.15, -0.1) is 0 Å². The van der Waals surface area contributed by atoms with Crippen LogP contribution in [0.3, 0.4) is 0 Å². The van der Waals surface area contributed by atoms with Crippen molar-refractivity contribution in [1.29, 1.82) is 0 Å². The van der Waals surface area contributed by atoms with E-state index < -0.39 is 0 Å². The Kier molecular flexibility index (Phi) is 5.95. The third-order valence-corrected chi connectivity index (χ3v) is 5.79. The van der Waals surface area contributed by atoms with Crippen molar-refractivity contribution in [3.05, 3.63) is 65.5 Å². The number of benzene rings is 2. The fraction of sp³-hybridized carbons (Fsp3) is 0.417. The molecule has 29 heavy (non-hydrogen) atoms. The summed E-state index contributed by atoms with van der Waals surface area (Å²) < 4.78 is 0. The van der Waals surface area contributed by atoms with Crippen LogP contribution >= 0.6 is 0 Å². The summed E-state index contributed by atoms with van der Waals surface area (Å²) in [5.74, 6) is 1.69. The summed E-state index contributed by atoms with van der Waals surface area (Å²) in [5, 5.41) is 0. The maximum atomic E-state index is 12.6. The fourth-order valence-electron chi connectivity index (χ4n) is 3.93. The minimum Gasteiger partial charge on any atom is -0.342 e. The molecule has 0 aliphatic carbocycles. The summed E-state index contributed by atoms with van der Waals surface area (Å²) in [6.07, 6.45) is 1.17. The number of carbonyl (C=O) groups excluding carboxylic acids is 1. The van der Waals surface area contributed by atoms with E-state index in [2.05, 4.69) is 53.0 Å². The molecule has 0 radical (unpaired) electrons. The summed E-state index contributed by atoms with van der Waals surface area (Å²) in [7, 11) is 0. The smallest absolute Gasteiger partial charge is 0.223 e. The number of carbonyl (C=O) groups is 1. The van der Waals surface area contributed by atoms with Gasteiger partial charge in [-0.1, -0.05) is 50.2 Å². The molecular weight excluding hydrogens is 360 g/mol. The lowest BCUT2D eigenvalue weighted by molar-refractivity contribution is -0.133. The van der Waals surface area contributed by atoms with Gasteiger partial charge in [0.2, 0.25) is 5.91 Å². The van der Waals surface area contributed by atoms with E-state index in [1.807, 2.05) is 29.2 Å². The zero-order valence-corrected chi connectivity index (χ0v) is 17.4. The quantitative estimate of drug-likeness (QED) is 0.693. The van der Waals surface area contributed by atoms with Crippen molar-refractivity contribution in [3.63, 3.8) is 0 Å². The van der Waals surface area contributed by atoms with Crippen molar-refractivity contribution in [2.24, 2.45) is 0 Å². The second-order valence-electron chi connectivity index (χ2n) is 8.25. The average molecular weight is 391 g/mol. The lowest BCUT2D eigenvalue weighted by atomic mass is 10.0. The van der Waals surface area contributed by atoms with Gasteiger partial charge in [-0.25, -0.2) is 4.98 Å². The van der Waals surface area contributed by atoms with Crippen LogP contribution in [0.15, 0.2) is 48.5 Å². The molecule has 1 N–H and O–H groups in total. The Balaban J connectivity index is 1.24. The van der Waals surface area contributed by atoms with Gasteiger partial charge in [0, 0.05) is 45.6 Å². The second-order valence-corrected chi connectivity index (χ2v) is 8.25. The van der Waals surface area contributed by atoms with E-state index in [1.165, 1.54) is 11.1 Å². The molecule has 0 saturated carbocycles. The van der Waals surface area contributed by atoms with Crippen molar-refractivity contribution in [2.45, 2.75) is 39.2 Å². The summed E-state index contributed by atoms with van der Waals surface area (Å²) in [5.41, 5.74) is 4.72. The number of aromatic amines is 1. The summed E-state index contributed by atoms with van der Waals surface area (Å²) in [6.45, 7) is 8.88. The second kappa shape index (κ2) is 8.78. The Labute approximate surface area is 172 Å². The lowest BCUT2D eigenvalue weighted by Crippen LogP contribution is -2.48. The summed E-state index contributed by atoms with van der Waals surface area (Å²) in [4.78, 5) is 24.9. The average Bonchev–Trinajstić information content (AvgIpc) is 3.16. The molecule has 1 saturated heterocycles. The van der Waals surface area contributed by atoms with Crippen LogP contribution in [0.1, 0.15) is 43.1 Å². The number of hydrogen-bond acceptors (Lipinski definition) is 3. The Bertz CT molecular complexity index is 919. The molecule has 1 aromatic heterocycles. The van der Waals surface area contributed by atoms with Gasteiger partial charge >= 0.3 is 0 Å². The number of nitrogens with zero attached hydrogens (tertiary/aromatic N) is 3. The summed E-state index contributed by atoms with van der Waals surface area (Å²) in [6, 6.07) is 16.9. The summed E-state index contributed by atoms with van der Waals surface area (Å²) >= 11 is 0. The minimum atomic E-state index is 0.228. The number of amides is 1. The molecule has 1 aliphatic heterocycles. The van der Waals surface area contributed by atoms with Crippen LogP contribution < -0.4 is 0 Å². The van der Waals surface area contributed by atoms with Crippen molar-refractivity contribution in [1.82, 2.24) is 19.8 Å². The molecule has 2 aromatic carbocycles. The number of fused-ring (bicyclic) bond motifs is 1. The Hall–Kier alpha value is -2.66. The van der Waals surface area contributed by atoms with E-state index in [4.69, 9.17) is 0 Å². The highest BCUT2D eigenvalue weighted by atomic mass is 16.2. The van der Waals surface area contributed by atoms with E-state index in [0.29, 0.717) is 18.8 Å². The molecule has 1 fully saturated rings. The number of hydrogen-bond donors (Lipinski definition) is 1. The van der Waals surface area contributed by atoms with Crippen LogP contribution in [-0.2, 0) is 17.8 Å². The molecule has 5 nitrogen and oxygen atoms in total. The molecular formula is C24H30N4O. The van der Waals surface area contributed by atoms with Crippen LogP contribution in [-0.4, -0.2) is 51.9 Å². The topological polar surface area (TPSA) is 52.2 Å². The highest BCUT2D eigenvalue weighted by Crippen LogP contribution is 2.17. The number of para-hydroxylation sites is 2. The molecule has 2 heterocycles. The van der Waals surface area contributed by atoms with Gasteiger partial charge in [-0.2, -0.15) is 0 Å². The molecule has 1 aliphatic rings. The molecule has 0 atom stereocenters. The predicted octanol–water partition coefficient (Wildman–Crippen LogP) is 3.96. The van der Waals surface area contributed by atoms with Crippen LogP contribution in [0.2, 0.25) is 0 Å². The third kappa shape index (κ3) is 4.85. The maximum Gasteiger partial charge on any atom is 0.223 e. The largest absolute Gasteiger partial charge is 0.342 e. The molecule has 0 bridgehead atoms. The zero-order chi connectivity index (χ0) is 20.2. The number of piperazine rings is 1. The van der Waals surface area contributed by atoms with Crippen LogP contribution in [0, 0.1) is 0 Å². The van der Waals surface area contributed by atoms with Crippen LogP contribution in [0.5, 0.6) is 0 Å². The molecule has 0 unspecified atom stereocenters. The molecule has 152 valence electrons. The van der Waals surface area contributed by atoms with E-state index >= 15 is 0 Å². The maximum absolute atomic E-state index is 12.6.